The quantitative estimate of drug-likeness (QED) is 0.538. The number of carbonyl (C=O) groups excluding carboxylic acids is 1. The molecule has 0 spiro atoms. The third-order valence-corrected chi connectivity index (χ3v) is 6.24. The van der Waals surface area contributed by atoms with Crippen molar-refractivity contribution in [2.75, 3.05) is 37.3 Å². The van der Waals surface area contributed by atoms with Crippen molar-refractivity contribution in [1.29, 1.82) is 0 Å². The topological polar surface area (TPSA) is 101 Å². The van der Waals surface area contributed by atoms with Gasteiger partial charge >= 0.3 is 0 Å². The number of non-ortho nitro benzene ring substituents is 1. The molecule has 2 aromatic carbocycles. The van der Waals surface area contributed by atoms with E-state index in [1.807, 2.05) is 4.90 Å². The van der Waals surface area contributed by atoms with Gasteiger partial charge in [0.2, 0.25) is 0 Å². The van der Waals surface area contributed by atoms with Crippen LogP contribution in [0.2, 0.25) is 5.02 Å². The molecule has 3 rings (SSSR count). The molecule has 2 aromatic rings. The number of carbonyl (C=O) groups is 1. The number of sulfone groups is 1. The minimum Gasteiger partial charge on any atom is -0.367 e. The van der Waals surface area contributed by atoms with E-state index in [-0.39, 0.29) is 16.5 Å². The van der Waals surface area contributed by atoms with Gasteiger partial charge in [-0.3, -0.25) is 14.9 Å². The second kappa shape index (κ2) is 8.00. The fourth-order valence-corrected chi connectivity index (χ4v) is 4.45. The molecule has 1 aliphatic heterocycles. The van der Waals surface area contributed by atoms with E-state index >= 15 is 0 Å². The van der Waals surface area contributed by atoms with Crippen LogP contribution in [0.25, 0.3) is 0 Å². The highest BCUT2D eigenvalue weighted by atomic mass is 35.5. The lowest BCUT2D eigenvalue weighted by Gasteiger charge is -2.37. The van der Waals surface area contributed by atoms with Crippen molar-refractivity contribution >= 4 is 38.7 Å². The molecule has 0 radical (unpaired) electrons. The van der Waals surface area contributed by atoms with Crippen molar-refractivity contribution in [2.24, 2.45) is 0 Å². The first-order chi connectivity index (χ1) is 13.6. The maximum absolute atomic E-state index is 12.8. The zero-order valence-corrected chi connectivity index (χ0v) is 17.5. The van der Waals surface area contributed by atoms with Crippen molar-refractivity contribution in [3.8, 4) is 0 Å². The molecule has 8 nitrogen and oxygen atoms in total. The molecule has 0 unspecified atom stereocenters. The Kier molecular flexibility index (Phi) is 5.81. The van der Waals surface area contributed by atoms with Gasteiger partial charge in [0.25, 0.3) is 11.6 Å². The Morgan fingerprint density at radius 3 is 2.34 bits per heavy atom. The van der Waals surface area contributed by atoms with E-state index in [0.717, 1.165) is 11.9 Å². The van der Waals surface area contributed by atoms with Crippen LogP contribution in [0.15, 0.2) is 41.3 Å². The summed E-state index contributed by atoms with van der Waals surface area (Å²) in [6.07, 6.45) is 1.10. The second-order valence-corrected chi connectivity index (χ2v) is 9.35. The molecule has 1 saturated heterocycles. The summed E-state index contributed by atoms with van der Waals surface area (Å²) in [6.45, 7) is 3.64. The fraction of sp³-hybridized carbons (Fsp3) is 0.316. The van der Waals surface area contributed by atoms with Crippen LogP contribution in [-0.2, 0) is 9.84 Å². The molecule has 0 aromatic heterocycles. The monoisotopic (exact) mass is 437 g/mol. The van der Waals surface area contributed by atoms with Gasteiger partial charge in [-0.25, -0.2) is 8.42 Å². The number of nitrogens with zero attached hydrogens (tertiary/aromatic N) is 3. The predicted octanol–water partition coefficient (Wildman–Crippen LogP) is 2.92. The van der Waals surface area contributed by atoms with E-state index in [1.54, 1.807) is 24.0 Å². The van der Waals surface area contributed by atoms with Crippen molar-refractivity contribution in [1.82, 2.24) is 4.90 Å². The van der Waals surface area contributed by atoms with Crippen LogP contribution in [0.4, 0.5) is 11.4 Å². The zero-order valence-electron chi connectivity index (χ0n) is 16.0. The number of hydrogen-bond donors (Lipinski definition) is 0. The van der Waals surface area contributed by atoms with Crippen molar-refractivity contribution < 1.29 is 18.1 Å². The fourth-order valence-electron chi connectivity index (χ4n) is 3.40. The maximum atomic E-state index is 12.8. The lowest BCUT2D eigenvalue weighted by Crippen LogP contribution is -2.49. The highest BCUT2D eigenvalue weighted by molar-refractivity contribution is 7.90. The molecule has 1 heterocycles. The standard InChI is InChI=1S/C19H20ClN3O5S/c1-13-10-15(23(25)26)12-17(20)18(13)21-6-8-22(9-7-21)19(24)14-4-3-5-16(11-14)29(2,27)28/h3-5,10-12H,6-9H2,1-2H3. The SMILES string of the molecule is Cc1cc([N+](=O)[O-])cc(Cl)c1N1CCN(C(=O)c2cccc(S(C)(=O)=O)c2)CC1. The molecule has 1 amide bonds. The predicted molar refractivity (Wildman–Crippen MR) is 111 cm³/mol. The molecule has 0 N–H and O–H groups in total. The Labute approximate surface area is 173 Å². The van der Waals surface area contributed by atoms with E-state index in [0.29, 0.717) is 42.3 Å². The molecule has 1 aliphatic rings. The average Bonchev–Trinajstić information content (AvgIpc) is 2.67. The third kappa shape index (κ3) is 4.51. The second-order valence-electron chi connectivity index (χ2n) is 6.93. The summed E-state index contributed by atoms with van der Waals surface area (Å²) in [4.78, 5) is 27.1. The van der Waals surface area contributed by atoms with Gasteiger partial charge in [0, 0.05) is 50.1 Å². The number of aryl methyl sites for hydroxylation is 1. The van der Waals surface area contributed by atoms with Crippen LogP contribution in [-0.4, -0.2) is 56.6 Å². The van der Waals surface area contributed by atoms with Crippen molar-refractivity contribution in [2.45, 2.75) is 11.8 Å². The first-order valence-electron chi connectivity index (χ1n) is 8.87. The van der Waals surface area contributed by atoms with Gasteiger partial charge in [0.15, 0.2) is 9.84 Å². The average molecular weight is 438 g/mol. The van der Waals surface area contributed by atoms with E-state index in [2.05, 4.69) is 0 Å². The van der Waals surface area contributed by atoms with Crippen LogP contribution < -0.4 is 4.90 Å². The summed E-state index contributed by atoms with van der Waals surface area (Å²) in [7, 11) is -3.40. The van der Waals surface area contributed by atoms with Crippen LogP contribution >= 0.6 is 11.6 Å². The number of benzene rings is 2. The number of hydrogen-bond acceptors (Lipinski definition) is 6. The number of nitro groups is 1. The molecule has 154 valence electrons. The van der Waals surface area contributed by atoms with E-state index in [4.69, 9.17) is 11.6 Å². The molecule has 0 atom stereocenters. The molecule has 0 aliphatic carbocycles. The molecule has 29 heavy (non-hydrogen) atoms. The van der Waals surface area contributed by atoms with E-state index < -0.39 is 14.8 Å². The summed E-state index contributed by atoms with van der Waals surface area (Å²) < 4.78 is 23.5. The summed E-state index contributed by atoms with van der Waals surface area (Å²) >= 11 is 6.28. The highest BCUT2D eigenvalue weighted by Crippen LogP contribution is 2.34. The smallest absolute Gasteiger partial charge is 0.271 e. The Morgan fingerprint density at radius 2 is 1.79 bits per heavy atom. The Balaban J connectivity index is 1.74. The van der Waals surface area contributed by atoms with Crippen molar-refractivity contribution in [3.05, 3.63) is 62.7 Å². The maximum Gasteiger partial charge on any atom is 0.271 e. The third-order valence-electron chi connectivity index (χ3n) is 4.84. The first-order valence-corrected chi connectivity index (χ1v) is 11.1. The number of amides is 1. The number of anilines is 1. The molecule has 0 bridgehead atoms. The zero-order chi connectivity index (χ0) is 21.3. The van der Waals surface area contributed by atoms with Crippen LogP contribution in [0, 0.1) is 17.0 Å². The van der Waals surface area contributed by atoms with Gasteiger partial charge in [-0.15, -0.1) is 0 Å². The summed E-state index contributed by atoms with van der Waals surface area (Å²) in [5.74, 6) is -0.235. The summed E-state index contributed by atoms with van der Waals surface area (Å²) in [5, 5.41) is 11.3. The first kappa shape index (κ1) is 21.1. The van der Waals surface area contributed by atoms with E-state index in [1.165, 1.54) is 24.3 Å². The minimum atomic E-state index is -3.40. The Bertz CT molecular complexity index is 1060. The largest absolute Gasteiger partial charge is 0.367 e. The number of rotatable bonds is 4. The minimum absolute atomic E-state index is 0.0594. The normalized spacial score (nSPS) is 14.7. The van der Waals surface area contributed by atoms with Crippen LogP contribution in [0.5, 0.6) is 0 Å². The van der Waals surface area contributed by atoms with E-state index in [9.17, 15) is 23.3 Å². The summed E-state index contributed by atoms with van der Waals surface area (Å²) in [5.41, 5.74) is 1.69. The Hall–Kier alpha value is -2.65. The highest BCUT2D eigenvalue weighted by Gasteiger charge is 2.26. The molecule has 0 saturated carbocycles. The van der Waals surface area contributed by atoms with Gasteiger partial charge in [-0.05, 0) is 30.7 Å². The van der Waals surface area contributed by atoms with Gasteiger partial charge in [0.1, 0.15) is 0 Å². The van der Waals surface area contributed by atoms with Gasteiger partial charge < -0.3 is 9.80 Å². The molecule has 1 fully saturated rings. The van der Waals surface area contributed by atoms with Gasteiger partial charge in [0.05, 0.1) is 20.5 Å². The number of halogens is 1. The van der Waals surface area contributed by atoms with Crippen LogP contribution in [0.3, 0.4) is 0 Å². The molecular weight excluding hydrogens is 418 g/mol. The summed E-state index contributed by atoms with van der Waals surface area (Å²) in [6, 6.07) is 8.82. The Morgan fingerprint density at radius 1 is 1.14 bits per heavy atom. The molecule has 10 heteroatoms. The van der Waals surface area contributed by atoms with Gasteiger partial charge in [-0.2, -0.15) is 0 Å². The number of piperazine rings is 1. The lowest BCUT2D eigenvalue weighted by atomic mass is 10.1. The lowest BCUT2D eigenvalue weighted by molar-refractivity contribution is -0.384. The van der Waals surface area contributed by atoms with Gasteiger partial charge in [-0.1, -0.05) is 17.7 Å². The van der Waals surface area contributed by atoms with Crippen molar-refractivity contribution in [3.63, 3.8) is 0 Å². The number of nitro benzene ring substituents is 1. The van der Waals surface area contributed by atoms with Crippen LogP contribution in [0.1, 0.15) is 15.9 Å². The molecular formula is C19H20ClN3O5S.